The van der Waals surface area contributed by atoms with Gasteiger partial charge < -0.3 is 4.74 Å². The molecule has 1 aromatic carbocycles. The highest BCUT2D eigenvalue weighted by Crippen LogP contribution is 2.19. The summed E-state index contributed by atoms with van der Waals surface area (Å²) in [4.78, 5) is 44.5. The number of carbonyl (C=O) groups excluding carboxylic acids is 3. The third-order valence-electron chi connectivity index (χ3n) is 4.03. The van der Waals surface area contributed by atoms with Crippen molar-refractivity contribution in [2.24, 2.45) is 0 Å². The topological polar surface area (TPSA) is 110 Å². The zero-order valence-corrected chi connectivity index (χ0v) is 17.3. The van der Waals surface area contributed by atoms with E-state index in [1.165, 1.54) is 11.3 Å². The van der Waals surface area contributed by atoms with Crippen LogP contribution in [0.2, 0.25) is 0 Å². The van der Waals surface area contributed by atoms with Gasteiger partial charge in [-0.15, -0.1) is 11.3 Å². The van der Waals surface area contributed by atoms with Crippen LogP contribution in [0.25, 0.3) is 11.3 Å². The van der Waals surface area contributed by atoms with Gasteiger partial charge in [-0.3, -0.25) is 25.4 Å². The van der Waals surface area contributed by atoms with Crippen molar-refractivity contribution >= 4 is 29.1 Å². The lowest BCUT2D eigenvalue weighted by atomic mass is 10.1. The average Bonchev–Trinajstić information content (AvgIpc) is 3.15. The second-order valence-corrected chi connectivity index (χ2v) is 7.37. The van der Waals surface area contributed by atoms with Gasteiger partial charge in [0.1, 0.15) is 5.01 Å². The number of benzene rings is 1. The van der Waals surface area contributed by atoms with E-state index in [-0.39, 0.29) is 12.0 Å². The number of hydrogen-bond acceptors (Lipinski definition) is 7. The number of thiazole rings is 1. The van der Waals surface area contributed by atoms with E-state index in [0.29, 0.717) is 10.7 Å². The molecule has 30 heavy (non-hydrogen) atoms. The van der Waals surface area contributed by atoms with Gasteiger partial charge in [-0.05, 0) is 26.0 Å². The van der Waals surface area contributed by atoms with Crippen LogP contribution >= 0.6 is 11.3 Å². The summed E-state index contributed by atoms with van der Waals surface area (Å²) in [6, 6.07) is 12.9. The molecular formula is C21H20N4O4S. The number of nitrogens with zero attached hydrogens (tertiary/aromatic N) is 2. The smallest absolute Gasteiger partial charge is 0.340 e. The van der Waals surface area contributed by atoms with Crippen LogP contribution in [-0.2, 0) is 20.7 Å². The van der Waals surface area contributed by atoms with Crippen LogP contribution in [0, 0.1) is 13.8 Å². The Kier molecular flexibility index (Phi) is 6.87. The number of ether oxygens (including phenoxy) is 1. The summed E-state index contributed by atoms with van der Waals surface area (Å²) < 4.78 is 5.02. The Morgan fingerprint density at radius 2 is 1.70 bits per heavy atom. The normalized spacial score (nSPS) is 10.3. The number of aromatic nitrogens is 2. The first-order valence-electron chi connectivity index (χ1n) is 9.11. The largest absolute Gasteiger partial charge is 0.452 e. The lowest BCUT2D eigenvalue weighted by Crippen LogP contribution is -2.44. The van der Waals surface area contributed by atoms with Crippen LogP contribution in [0.4, 0.5) is 0 Å². The Morgan fingerprint density at radius 1 is 0.967 bits per heavy atom. The summed E-state index contributed by atoms with van der Waals surface area (Å²) in [7, 11) is 0. The van der Waals surface area contributed by atoms with Gasteiger partial charge in [-0.1, -0.05) is 30.3 Å². The number of aryl methyl sites for hydroxylation is 2. The summed E-state index contributed by atoms with van der Waals surface area (Å²) in [5.41, 5.74) is 7.74. The highest BCUT2D eigenvalue weighted by Gasteiger charge is 2.15. The molecule has 154 valence electrons. The molecule has 2 amide bonds. The number of carbonyl (C=O) groups is 3. The van der Waals surface area contributed by atoms with Gasteiger partial charge in [0.05, 0.1) is 23.4 Å². The predicted octanol–water partition coefficient (Wildman–Crippen LogP) is 2.37. The lowest BCUT2D eigenvalue weighted by Gasteiger charge is -2.09. The molecule has 9 heteroatoms. The van der Waals surface area contributed by atoms with Gasteiger partial charge >= 0.3 is 5.97 Å². The minimum absolute atomic E-state index is 0.0528. The minimum Gasteiger partial charge on any atom is -0.452 e. The first-order valence-corrected chi connectivity index (χ1v) is 9.99. The highest BCUT2D eigenvalue weighted by molar-refractivity contribution is 7.09. The molecule has 0 saturated carbocycles. The van der Waals surface area contributed by atoms with E-state index in [2.05, 4.69) is 20.8 Å². The molecule has 2 aromatic heterocycles. The molecule has 0 radical (unpaired) electrons. The molecule has 2 N–H and O–H groups in total. The van der Waals surface area contributed by atoms with Crippen molar-refractivity contribution in [2.75, 3.05) is 6.61 Å². The Morgan fingerprint density at radius 3 is 2.37 bits per heavy atom. The maximum atomic E-state index is 12.3. The van der Waals surface area contributed by atoms with Crippen molar-refractivity contribution < 1.29 is 19.1 Å². The van der Waals surface area contributed by atoms with Crippen molar-refractivity contribution in [1.29, 1.82) is 0 Å². The van der Waals surface area contributed by atoms with E-state index in [9.17, 15) is 14.4 Å². The molecule has 0 spiro atoms. The van der Waals surface area contributed by atoms with Crippen LogP contribution in [0.5, 0.6) is 0 Å². The summed E-state index contributed by atoms with van der Waals surface area (Å²) in [5.74, 6) is -1.74. The Balaban J connectivity index is 1.47. The van der Waals surface area contributed by atoms with Gasteiger partial charge in [0.25, 0.3) is 5.91 Å². The van der Waals surface area contributed by atoms with Crippen LogP contribution in [0.3, 0.4) is 0 Å². The molecule has 0 aliphatic rings. The summed E-state index contributed by atoms with van der Waals surface area (Å²) in [6.45, 7) is 3.00. The van der Waals surface area contributed by atoms with Crippen LogP contribution in [0.15, 0.2) is 47.8 Å². The van der Waals surface area contributed by atoms with E-state index in [1.807, 2.05) is 42.6 Å². The maximum Gasteiger partial charge on any atom is 0.340 e. The Labute approximate surface area is 177 Å². The number of pyridine rings is 1. The van der Waals surface area contributed by atoms with Crippen molar-refractivity contribution in [3.63, 3.8) is 0 Å². The fourth-order valence-corrected chi connectivity index (χ4v) is 3.37. The lowest BCUT2D eigenvalue weighted by molar-refractivity contribution is -0.130. The number of esters is 1. The van der Waals surface area contributed by atoms with E-state index in [1.54, 1.807) is 19.1 Å². The van der Waals surface area contributed by atoms with Crippen LogP contribution in [0.1, 0.15) is 26.8 Å². The van der Waals surface area contributed by atoms with E-state index < -0.39 is 24.4 Å². The molecule has 0 bridgehead atoms. The third-order valence-corrected chi connectivity index (χ3v) is 5.00. The quantitative estimate of drug-likeness (QED) is 0.464. The number of amides is 2. The zero-order chi connectivity index (χ0) is 21.5. The molecule has 0 unspecified atom stereocenters. The number of nitrogens with one attached hydrogen (secondary N) is 2. The molecule has 8 nitrogen and oxygen atoms in total. The molecule has 0 aliphatic heterocycles. The van der Waals surface area contributed by atoms with Crippen LogP contribution < -0.4 is 10.9 Å². The summed E-state index contributed by atoms with van der Waals surface area (Å²) in [5, 5.41) is 2.48. The predicted molar refractivity (Wildman–Crippen MR) is 112 cm³/mol. The fraction of sp³-hybridized carbons (Fsp3) is 0.190. The van der Waals surface area contributed by atoms with E-state index in [4.69, 9.17) is 4.74 Å². The number of rotatable bonds is 6. The molecule has 0 aliphatic carbocycles. The minimum atomic E-state index is -0.667. The molecular weight excluding hydrogens is 404 g/mol. The monoisotopic (exact) mass is 424 g/mol. The summed E-state index contributed by atoms with van der Waals surface area (Å²) >= 11 is 1.36. The molecule has 2 heterocycles. The fourth-order valence-electron chi connectivity index (χ4n) is 2.60. The molecule has 3 aromatic rings. The number of hydrogen-bond donors (Lipinski definition) is 2. The van der Waals surface area contributed by atoms with Gasteiger partial charge in [-0.2, -0.15) is 0 Å². The molecule has 0 saturated heterocycles. The Hall–Kier alpha value is -3.59. The van der Waals surface area contributed by atoms with Crippen molar-refractivity contribution in [3.8, 4) is 11.3 Å². The first-order chi connectivity index (χ1) is 14.4. The maximum absolute atomic E-state index is 12.3. The second kappa shape index (κ2) is 9.75. The van der Waals surface area contributed by atoms with Crippen molar-refractivity contribution in [3.05, 3.63) is 69.8 Å². The summed E-state index contributed by atoms with van der Waals surface area (Å²) in [6.07, 6.45) is 0.0528. The molecule has 0 atom stereocenters. The van der Waals surface area contributed by atoms with Gasteiger partial charge in [0.15, 0.2) is 6.61 Å². The second-order valence-electron chi connectivity index (χ2n) is 6.43. The van der Waals surface area contributed by atoms with Gasteiger partial charge in [0, 0.05) is 16.6 Å². The van der Waals surface area contributed by atoms with E-state index >= 15 is 0 Å². The molecule has 3 rings (SSSR count). The highest BCUT2D eigenvalue weighted by atomic mass is 32.1. The van der Waals surface area contributed by atoms with Gasteiger partial charge in [-0.25, -0.2) is 9.78 Å². The average molecular weight is 424 g/mol. The van der Waals surface area contributed by atoms with Crippen molar-refractivity contribution in [2.45, 2.75) is 20.3 Å². The Bertz CT molecular complexity index is 1070. The third kappa shape index (κ3) is 5.71. The van der Waals surface area contributed by atoms with Gasteiger partial charge in [0.2, 0.25) is 5.91 Å². The number of hydrazine groups is 1. The molecule has 0 fully saturated rings. The van der Waals surface area contributed by atoms with Crippen LogP contribution in [-0.4, -0.2) is 34.4 Å². The standard InChI is InChI=1S/C21H20N4O4S/c1-13-12-30-20(22-13)10-18(26)24-25-19(27)11-29-21(28)16-8-9-17(23-14(16)2)15-6-4-3-5-7-15/h3-9,12H,10-11H2,1-2H3,(H,24,26)(H,25,27). The zero-order valence-electron chi connectivity index (χ0n) is 16.5. The first kappa shape index (κ1) is 21.1. The SMILES string of the molecule is Cc1csc(CC(=O)NNC(=O)COC(=O)c2ccc(-c3ccccc3)nc2C)n1. The van der Waals surface area contributed by atoms with E-state index in [0.717, 1.165) is 17.0 Å². The van der Waals surface area contributed by atoms with Crippen molar-refractivity contribution in [1.82, 2.24) is 20.8 Å².